The molecule has 1 aliphatic heterocycles. The van der Waals surface area contributed by atoms with Gasteiger partial charge in [-0.2, -0.15) is 5.26 Å². The molecular weight excluding hydrogens is 214 g/mol. The van der Waals surface area contributed by atoms with E-state index < -0.39 is 0 Å². The summed E-state index contributed by atoms with van der Waals surface area (Å²) in [4.78, 5) is 10.7. The molecule has 0 aromatic carbocycles. The highest BCUT2D eigenvalue weighted by Gasteiger charge is 2.16. The van der Waals surface area contributed by atoms with Gasteiger partial charge in [0, 0.05) is 19.3 Å². The first-order valence-corrected chi connectivity index (χ1v) is 5.87. The predicted octanol–water partition coefficient (Wildman–Crippen LogP) is 1.59. The highest BCUT2D eigenvalue weighted by atomic mass is 15.3. The van der Waals surface area contributed by atoms with Gasteiger partial charge >= 0.3 is 0 Å². The van der Waals surface area contributed by atoms with Crippen molar-refractivity contribution in [3.8, 4) is 6.07 Å². The second kappa shape index (κ2) is 4.06. The molecule has 17 heavy (non-hydrogen) atoms. The van der Waals surface area contributed by atoms with E-state index in [4.69, 9.17) is 5.26 Å². The first kappa shape index (κ1) is 10.1. The number of aromatic nitrogens is 3. The van der Waals surface area contributed by atoms with Gasteiger partial charge < -0.3 is 4.90 Å². The average Bonchev–Trinajstić information content (AvgIpc) is 2.83. The Hall–Kier alpha value is -2.09. The fraction of sp³-hybridized carbons (Fsp3) is 0.417. The Morgan fingerprint density at radius 3 is 2.76 bits per heavy atom. The molecule has 2 aromatic rings. The topological polar surface area (TPSA) is 57.2 Å². The lowest BCUT2D eigenvalue weighted by atomic mass is 10.1. The van der Waals surface area contributed by atoms with E-state index in [1.54, 1.807) is 12.3 Å². The molecule has 5 heteroatoms. The Kier molecular flexibility index (Phi) is 2.41. The summed E-state index contributed by atoms with van der Waals surface area (Å²) in [5, 5.41) is 9.13. The zero-order chi connectivity index (χ0) is 11.7. The van der Waals surface area contributed by atoms with Crippen molar-refractivity contribution in [2.45, 2.75) is 19.3 Å². The van der Waals surface area contributed by atoms with Crippen molar-refractivity contribution in [1.82, 2.24) is 14.4 Å². The second-order valence-corrected chi connectivity index (χ2v) is 4.24. The van der Waals surface area contributed by atoms with Gasteiger partial charge in [0.25, 0.3) is 0 Å². The highest BCUT2D eigenvalue weighted by molar-refractivity contribution is 5.51. The zero-order valence-corrected chi connectivity index (χ0v) is 9.50. The molecule has 0 aliphatic carbocycles. The summed E-state index contributed by atoms with van der Waals surface area (Å²) in [7, 11) is 0. The summed E-state index contributed by atoms with van der Waals surface area (Å²) in [6, 6.07) is 3.92. The van der Waals surface area contributed by atoms with E-state index in [1.807, 2.05) is 10.6 Å². The Labute approximate surface area is 99.3 Å². The van der Waals surface area contributed by atoms with Crippen LogP contribution in [0.5, 0.6) is 0 Å². The summed E-state index contributed by atoms with van der Waals surface area (Å²) in [5.41, 5.74) is 0.591. The molecule has 86 valence electrons. The van der Waals surface area contributed by atoms with Crippen molar-refractivity contribution < 1.29 is 0 Å². The molecular formula is C12H13N5. The van der Waals surface area contributed by atoms with Crippen LogP contribution in [0.1, 0.15) is 25.0 Å². The molecule has 0 bridgehead atoms. The molecule has 0 atom stereocenters. The molecule has 0 spiro atoms. The van der Waals surface area contributed by atoms with Gasteiger partial charge in [0.15, 0.2) is 0 Å². The maximum Gasteiger partial charge on any atom is 0.236 e. The van der Waals surface area contributed by atoms with Gasteiger partial charge in [-0.15, -0.1) is 0 Å². The van der Waals surface area contributed by atoms with Gasteiger partial charge in [0.2, 0.25) is 5.78 Å². The second-order valence-electron chi connectivity index (χ2n) is 4.24. The average molecular weight is 227 g/mol. The molecule has 1 fully saturated rings. The fourth-order valence-electron chi connectivity index (χ4n) is 2.34. The van der Waals surface area contributed by atoms with Crippen LogP contribution in [0.25, 0.3) is 5.78 Å². The molecule has 2 aromatic heterocycles. The van der Waals surface area contributed by atoms with Gasteiger partial charge in [-0.3, -0.25) is 4.40 Å². The van der Waals surface area contributed by atoms with Crippen LogP contribution in [0, 0.1) is 11.3 Å². The number of hydrogen-bond acceptors (Lipinski definition) is 4. The predicted molar refractivity (Wildman–Crippen MR) is 63.8 cm³/mol. The Balaban J connectivity index is 2.13. The summed E-state index contributed by atoms with van der Waals surface area (Å²) in [6.45, 7) is 2.07. The van der Waals surface area contributed by atoms with Crippen LogP contribution in [-0.4, -0.2) is 27.5 Å². The molecule has 0 N–H and O–H groups in total. The van der Waals surface area contributed by atoms with Crippen LogP contribution < -0.4 is 4.90 Å². The minimum Gasteiger partial charge on any atom is -0.356 e. The van der Waals surface area contributed by atoms with Gasteiger partial charge in [-0.25, -0.2) is 9.97 Å². The first-order chi connectivity index (χ1) is 8.40. The third-order valence-corrected chi connectivity index (χ3v) is 3.18. The van der Waals surface area contributed by atoms with Crippen molar-refractivity contribution >= 4 is 11.6 Å². The van der Waals surface area contributed by atoms with E-state index in [0.717, 1.165) is 18.9 Å². The molecule has 0 unspecified atom stereocenters. The zero-order valence-electron chi connectivity index (χ0n) is 9.50. The van der Waals surface area contributed by atoms with E-state index in [9.17, 15) is 0 Å². The van der Waals surface area contributed by atoms with Crippen molar-refractivity contribution in [2.75, 3.05) is 18.0 Å². The van der Waals surface area contributed by atoms with Crippen LogP contribution in [0.15, 0.2) is 18.5 Å². The van der Waals surface area contributed by atoms with E-state index >= 15 is 0 Å². The number of anilines is 1. The van der Waals surface area contributed by atoms with Crippen molar-refractivity contribution in [3.05, 3.63) is 24.2 Å². The maximum absolute atomic E-state index is 9.13. The van der Waals surface area contributed by atoms with E-state index in [-0.39, 0.29) is 0 Å². The normalized spacial score (nSPS) is 16.1. The van der Waals surface area contributed by atoms with Crippen LogP contribution >= 0.6 is 0 Å². The number of nitrogens with zero attached hydrogens (tertiary/aromatic N) is 5. The maximum atomic E-state index is 9.13. The van der Waals surface area contributed by atoms with Gasteiger partial charge in [-0.1, -0.05) is 0 Å². The molecule has 3 rings (SSSR count). The van der Waals surface area contributed by atoms with Crippen molar-refractivity contribution in [3.63, 3.8) is 0 Å². The van der Waals surface area contributed by atoms with Crippen molar-refractivity contribution in [1.29, 1.82) is 5.26 Å². The molecule has 0 saturated carbocycles. The lowest BCUT2D eigenvalue weighted by molar-refractivity contribution is 0.572. The van der Waals surface area contributed by atoms with Crippen LogP contribution in [-0.2, 0) is 0 Å². The third-order valence-electron chi connectivity index (χ3n) is 3.18. The number of rotatable bonds is 1. The Bertz CT molecular complexity index is 574. The number of fused-ring (bicyclic) bond motifs is 1. The SMILES string of the molecule is N#Cc1ccnc2ncc(N3CCCCC3)n12. The van der Waals surface area contributed by atoms with E-state index in [2.05, 4.69) is 20.9 Å². The molecule has 1 saturated heterocycles. The summed E-state index contributed by atoms with van der Waals surface area (Å²) >= 11 is 0. The molecule has 1 aliphatic rings. The summed E-state index contributed by atoms with van der Waals surface area (Å²) in [6.07, 6.45) is 7.14. The van der Waals surface area contributed by atoms with Gasteiger partial charge in [0.05, 0.1) is 6.20 Å². The van der Waals surface area contributed by atoms with Crippen LogP contribution in [0.4, 0.5) is 5.82 Å². The largest absolute Gasteiger partial charge is 0.356 e. The van der Waals surface area contributed by atoms with E-state index in [0.29, 0.717) is 11.5 Å². The molecule has 0 radical (unpaired) electrons. The van der Waals surface area contributed by atoms with Crippen molar-refractivity contribution in [2.24, 2.45) is 0 Å². The van der Waals surface area contributed by atoms with Gasteiger partial charge in [0.1, 0.15) is 17.6 Å². The lowest BCUT2D eigenvalue weighted by Crippen LogP contribution is -2.30. The highest BCUT2D eigenvalue weighted by Crippen LogP contribution is 2.21. The van der Waals surface area contributed by atoms with Gasteiger partial charge in [-0.05, 0) is 25.3 Å². The van der Waals surface area contributed by atoms with E-state index in [1.165, 1.54) is 19.3 Å². The summed E-state index contributed by atoms with van der Waals surface area (Å²) < 4.78 is 1.84. The standard InChI is InChI=1S/C12H13N5/c13-8-10-4-5-14-12-15-9-11(17(10)12)16-6-2-1-3-7-16/h4-5,9H,1-3,6-7H2. The van der Waals surface area contributed by atoms with Crippen LogP contribution in [0.3, 0.4) is 0 Å². The van der Waals surface area contributed by atoms with Crippen LogP contribution in [0.2, 0.25) is 0 Å². The number of nitriles is 1. The lowest BCUT2D eigenvalue weighted by Gasteiger charge is -2.27. The minimum absolute atomic E-state index is 0.591. The Morgan fingerprint density at radius 2 is 2.00 bits per heavy atom. The fourth-order valence-corrected chi connectivity index (χ4v) is 2.34. The number of hydrogen-bond donors (Lipinski definition) is 0. The monoisotopic (exact) mass is 227 g/mol. The quantitative estimate of drug-likeness (QED) is 0.742. The molecule has 3 heterocycles. The number of piperidine rings is 1. The Morgan fingerprint density at radius 1 is 1.18 bits per heavy atom. The molecule has 0 amide bonds. The number of imidazole rings is 1. The minimum atomic E-state index is 0.591. The summed E-state index contributed by atoms with van der Waals surface area (Å²) in [5.74, 6) is 1.59. The smallest absolute Gasteiger partial charge is 0.236 e. The molecule has 5 nitrogen and oxygen atoms in total. The first-order valence-electron chi connectivity index (χ1n) is 5.87. The third kappa shape index (κ3) is 1.62.